The highest BCUT2D eigenvalue weighted by atomic mass is 32.2. The Hall–Kier alpha value is -2.78. The van der Waals surface area contributed by atoms with Crippen molar-refractivity contribution in [3.8, 4) is 5.75 Å². The Labute approximate surface area is 270 Å². The molecule has 4 aromatic carbocycles. The third kappa shape index (κ3) is 7.36. The first-order valence-corrected chi connectivity index (χ1v) is 17.9. The quantitative estimate of drug-likeness (QED) is 0.183. The Morgan fingerprint density at radius 1 is 0.682 bits per heavy atom. The van der Waals surface area contributed by atoms with E-state index in [1.54, 1.807) is 7.11 Å². The zero-order chi connectivity index (χ0) is 32.4. The van der Waals surface area contributed by atoms with E-state index in [1.807, 2.05) is 7.05 Å². The SMILES string of the molecule is COc1c(C(C)(C)C)cc([C@H](c2ccccc2P(c2ccccc2)c2ccccc2)N(C)S(=O)C(C)(C)C)cc1C(C)(C)C. The maximum atomic E-state index is 14.3. The summed E-state index contributed by atoms with van der Waals surface area (Å²) in [4.78, 5) is 0. The van der Waals surface area contributed by atoms with E-state index in [2.05, 4.69) is 164 Å². The molecule has 0 amide bonds. The van der Waals surface area contributed by atoms with E-state index in [9.17, 15) is 4.21 Å². The van der Waals surface area contributed by atoms with E-state index in [0.29, 0.717) is 0 Å². The maximum Gasteiger partial charge on any atom is 0.126 e. The van der Waals surface area contributed by atoms with Gasteiger partial charge in [0.05, 0.1) is 17.9 Å². The van der Waals surface area contributed by atoms with Gasteiger partial charge in [-0.2, -0.15) is 0 Å². The topological polar surface area (TPSA) is 29.5 Å². The van der Waals surface area contributed by atoms with Crippen LogP contribution in [0.2, 0.25) is 0 Å². The molecule has 4 aromatic rings. The van der Waals surface area contributed by atoms with Crippen molar-refractivity contribution in [3.63, 3.8) is 0 Å². The third-order valence-electron chi connectivity index (χ3n) is 7.90. The number of ether oxygens (including phenoxy) is 1. The van der Waals surface area contributed by atoms with Crippen molar-refractivity contribution in [1.29, 1.82) is 0 Å². The first kappa shape index (κ1) is 34.1. The number of methoxy groups -OCH3 is 1. The minimum atomic E-state index is -1.28. The molecule has 0 aromatic heterocycles. The number of rotatable bonds is 8. The Morgan fingerprint density at radius 2 is 1.11 bits per heavy atom. The van der Waals surface area contributed by atoms with Gasteiger partial charge in [0, 0.05) is 18.2 Å². The van der Waals surface area contributed by atoms with Gasteiger partial charge in [0.1, 0.15) is 16.7 Å². The van der Waals surface area contributed by atoms with Gasteiger partial charge in [0.25, 0.3) is 0 Å². The van der Waals surface area contributed by atoms with Crippen LogP contribution in [0.1, 0.15) is 90.6 Å². The first-order chi connectivity index (χ1) is 20.6. The van der Waals surface area contributed by atoms with Crippen LogP contribution in [-0.2, 0) is 21.8 Å². The summed E-state index contributed by atoms with van der Waals surface area (Å²) < 4.78 is 22.1. The van der Waals surface area contributed by atoms with Gasteiger partial charge in [-0.05, 0) is 78.7 Å². The highest BCUT2D eigenvalue weighted by Crippen LogP contribution is 2.45. The molecule has 1 unspecified atom stereocenters. The highest BCUT2D eigenvalue weighted by Gasteiger charge is 2.36. The number of benzene rings is 4. The van der Waals surface area contributed by atoms with E-state index in [1.165, 1.54) is 21.5 Å². The van der Waals surface area contributed by atoms with Gasteiger partial charge in [0.15, 0.2) is 0 Å². The summed E-state index contributed by atoms with van der Waals surface area (Å²) in [7, 11) is 1.64. The van der Waals surface area contributed by atoms with Crippen molar-refractivity contribution in [1.82, 2.24) is 4.31 Å². The smallest absolute Gasteiger partial charge is 0.126 e. The molecule has 0 aliphatic rings. The lowest BCUT2D eigenvalue weighted by molar-refractivity contribution is 0.379. The number of hydrogen-bond donors (Lipinski definition) is 0. The van der Waals surface area contributed by atoms with Crippen molar-refractivity contribution in [3.05, 3.63) is 119 Å². The lowest BCUT2D eigenvalue weighted by Gasteiger charge is -2.37. The lowest BCUT2D eigenvalue weighted by Crippen LogP contribution is -2.40. The van der Waals surface area contributed by atoms with E-state index in [-0.39, 0.29) is 16.9 Å². The molecule has 3 nitrogen and oxygen atoms in total. The van der Waals surface area contributed by atoms with Gasteiger partial charge in [-0.3, -0.25) is 0 Å². The van der Waals surface area contributed by atoms with Crippen LogP contribution in [-0.4, -0.2) is 27.4 Å². The third-order valence-corrected chi connectivity index (χ3v) is 12.2. The van der Waals surface area contributed by atoms with Crippen LogP contribution in [0.3, 0.4) is 0 Å². The molecule has 0 heterocycles. The Bertz CT molecular complexity index is 1510. The summed E-state index contributed by atoms with van der Waals surface area (Å²) in [6, 6.07) is 34.8. The molecule has 5 heteroatoms. The standard InChI is InChI=1S/C39H50NO2PS/c1-37(2,3)32-26-28(27-33(36(32)42-11)38(4,5)6)35(40(10)44(41)39(7,8)9)31-24-18-19-25-34(31)43(29-20-14-12-15-21-29)30-22-16-13-17-23-30/h12-27,35H,1-11H3/t35-,44?/m1/s1. The summed E-state index contributed by atoms with van der Waals surface area (Å²) >= 11 is 0. The summed E-state index contributed by atoms with van der Waals surface area (Å²) in [6.45, 7) is 19.6. The van der Waals surface area contributed by atoms with Gasteiger partial charge in [0.2, 0.25) is 0 Å². The minimum absolute atomic E-state index is 0.159. The van der Waals surface area contributed by atoms with E-state index in [0.717, 1.165) is 22.4 Å². The van der Waals surface area contributed by atoms with Crippen molar-refractivity contribution < 1.29 is 8.95 Å². The average Bonchev–Trinajstić information content (AvgIpc) is 2.97. The van der Waals surface area contributed by atoms with Crippen molar-refractivity contribution in [2.75, 3.05) is 14.2 Å². The summed E-state index contributed by atoms with van der Waals surface area (Å²) in [6.07, 6.45) is 0. The van der Waals surface area contributed by atoms with Crippen molar-refractivity contribution in [2.45, 2.75) is 83.9 Å². The summed E-state index contributed by atoms with van der Waals surface area (Å²) in [5, 5.41) is 3.85. The van der Waals surface area contributed by atoms with Crippen LogP contribution in [0, 0.1) is 0 Å². The molecule has 234 valence electrons. The Morgan fingerprint density at radius 3 is 1.52 bits per heavy atom. The van der Waals surface area contributed by atoms with Crippen LogP contribution >= 0.6 is 7.92 Å². The van der Waals surface area contributed by atoms with E-state index >= 15 is 0 Å². The zero-order valence-electron chi connectivity index (χ0n) is 28.4. The number of hydrogen-bond acceptors (Lipinski definition) is 2. The minimum Gasteiger partial charge on any atom is -0.496 e. The van der Waals surface area contributed by atoms with Gasteiger partial charge in [-0.25, -0.2) is 8.51 Å². The lowest BCUT2D eigenvalue weighted by atomic mass is 9.77. The van der Waals surface area contributed by atoms with Gasteiger partial charge >= 0.3 is 0 Å². The van der Waals surface area contributed by atoms with Crippen LogP contribution < -0.4 is 20.7 Å². The van der Waals surface area contributed by atoms with Gasteiger partial charge in [-0.15, -0.1) is 0 Å². The largest absolute Gasteiger partial charge is 0.496 e. The highest BCUT2D eigenvalue weighted by molar-refractivity contribution is 7.84. The Kier molecular flexibility index (Phi) is 10.3. The molecule has 0 radical (unpaired) electrons. The predicted octanol–water partition coefficient (Wildman–Crippen LogP) is 8.53. The first-order valence-electron chi connectivity index (χ1n) is 15.4. The van der Waals surface area contributed by atoms with Gasteiger partial charge in [-0.1, -0.05) is 126 Å². The second kappa shape index (κ2) is 13.3. The molecule has 0 spiro atoms. The molecular weight excluding hydrogens is 577 g/mol. The van der Waals surface area contributed by atoms with Gasteiger partial charge < -0.3 is 4.74 Å². The predicted molar refractivity (Wildman–Crippen MR) is 193 cm³/mol. The molecule has 4 rings (SSSR count). The molecule has 0 saturated heterocycles. The summed E-state index contributed by atoms with van der Waals surface area (Å²) in [5.41, 5.74) is 4.31. The average molecular weight is 628 g/mol. The van der Waals surface area contributed by atoms with Crippen molar-refractivity contribution in [2.24, 2.45) is 0 Å². The number of nitrogens with zero attached hydrogens (tertiary/aromatic N) is 1. The van der Waals surface area contributed by atoms with Crippen LogP contribution in [0.15, 0.2) is 97.1 Å². The fraction of sp³-hybridized carbons (Fsp3) is 0.385. The molecular formula is C39H50NO2PS. The molecule has 0 fully saturated rings. The van der Waals surface area contributed by atoms with E-state index < -0.39 is 23.7 Å². The fourth-order valence-corrected chi connectivity index (χ4v) is 9.54. The fourth-order valence-electron chi connectivity index (χ4n) is 5.76. The van der Waals surface area contributed by atoms with Crippen LogP contribution in [0.5, 0.6) is 5.75 Å². The molecule has 0 N–H and O–H groups in total. The monoisotopic (exact) mass is 627 g/mol. The normalized spacial score (nSPS) is 14.1. The van der Waals surface area contributed by atoms with Crippen molar-refractivity contribution >= 4 is 34.8 Å². The molecule has 0 bridgehead atoms. The Balaban J connectivity index is 2.11. The molecule has 0 saturated carbocycles. The molecule has 2 atom stereocenters. The van der Waals surface area contributed by atoms with Crippen LogP contribution in [0.4, 0.5) is 0 Å². The molecule has 0 aliphatic heterocycles. The molecule has 44 heavy (non-hydrogen) atoms. The second-order valence-corrected chi connectivity index (χ2v) is 19.0. The van der Waals surface area contributed by atoms with Crippen LogP contribution in [0.25, 0.3) is 0 Å². The maximum absolute atomic E-state index is 14.3. The van der Waals surface area contributed by atoms with E-state index in [4.69, 9.17) is 4.74 Å². The summed E-state index contributed by atoms with van der Waals surface area (Å²) in [5.74, 6) is 0.941. The molecule has 0 aliphatic carbocycles. The zero-order valence-corrected chi connectivity index (χ0v) is 30.1. The second-order valence-electron chi connectivity index (χ2n) is 14.5.